The fourth-order valence-corrected chi connectivity index (χ4v) is 5.38. The third-order valence-corrected chi connectivity index (χ3v) is 7.25. The first-order valence-electron chi connectivity index (χ1n) is 13.3. The molecule has 2 aliphatic heterocycles. The molecule has 0 bridgehead atoms. The molecule has 2 aromatic carbocycles. The number of nitrogens with zero attached hydrogens (tertiary/aromatic N) is 2. The van der Waals surface area contributed by atoms with E-state index in [1.807, 2.05) is 37.3 Å². The molecule has 0 unspecified atom stereocenters. The third kappa shape index (κ3) is 5.47. The monoisotopic (exact) mass is 543 g/mol. The smallest absolute Gasteiger partial charge is 0.410 e. The van der Waals surface area contributed by atoms with Gasteiger partial charge in [-0.05, 0) is 69.5 Å². The Morgan fingerprint density at radius 1 is 1.12 bits per heavy atom. The van der Waals surface area contributed by atoms with Gasteiger partial charge in [0.2, 0.25) is 0 Å². The number of carbonyl (C=O) groups is 4. The predicted molar refractivity (Wildman–Crippen MR) is 149 cm³/mol. The molecule has 2 aliphatic rings. The molecule has 0 saturated carbocycles. The number of fused-ring (bicyclic) bond motifs is 1. The zero-order valence-corrected chi connectivity index (χ0v) is 23.0. The van der Waals surface area contributed by atoms with Crippen molar-refractivity contribution < 1.29 is 23.9 Å². The number of rotatable bonds is 5. The average Bonchev–Trinajstić information content (AvgIpc) is 3.40. The number of amides is 5. The molecule has 208 valence electrons. The van der Waals surface area contributed by atoms with Gasteiger partial charge in [0.1, 0.15) is 11.1 Å². The van der Waals surface area contributed by atoms with Gasteiger partial charge in [0.05, 0.1) is 12.1 Å². The summed E-state index contributed by atoms with van der Waals surface area (Å²) in [5.74, 6) is -1.38. The van der Waals surface area contributed by atoms with E-state index < -0.39 is 35.1 Å². The molecule has 5 rings (SSSR count). The highest BCUT2D eigenvalue weighted by Crippen LogP contribution is 2.31. The zero-order valence-electron chi connectivity index (χ0n) is 23.0. The van der Waals surface area contributed by atoms with E-state index in [1.54, 1.807) is 32.9 Å². The molecule has 40 heavy (non-hydrogen) atoms. The number of ether oxygens (including phenoxy) is 1. The molecule has 0 aliphatic carbocycles. The Hall–Kier alpha value is -4.47. The van der Waals surface area contributed by atoms with Crippen LogP contribution in [0.1, 0.15) is 48.0 Å². The quantitative estimate of drug-likeness (QED) is 0.424. The van der Waals surface area contributed by atoms with Crippen molar-refractivity contribution in [2.45, 2.75) is 45.3 Å². The molecule has 3 N–H and O–H groups in total. The van der Waals surface area contributed by atoms with Crippen molar-refractivity contribution in [3.05, 3.63) is 77.0 Å². The maximum Gasteiger partial charge on any atom is 0.410 e. The van der Waals surface area contributed by atoms with Crippen LogP contribution in [0.25, 0.3) is 10.9 Å². The van der Waals surface area contributed by atoms with Gasteiger partial charge < -0.3 is 20.3 Å². The summed E-state index contributed by atoms with van der Waals surface area (Å²) in [5, 5.41) is 8.93. The van der Waals surface area contributed by atoms with Gasteiger partial charge in [-0.3, -0.25) is 19.9 Å². The third-order valence-electron chi connectivity index (χ3n) is 7.25. The minimum Gasteiger partial charge on any atom is -0.444 e. The molecule has 2 saturated heterocycles. The summed E-state index contributed by atoms with van der Waals surface area (Å²) < 4.78 is 5.47. The van der Waals surface area contributed by atoms with Gasteiger partial charge in [0.25, 0.3) is 11.8 Å². The fraction of sp³-hybridized carbons (Fsp3) is 0.367. The number of likely N-dealkylation sites (tertiary alicyclic amines) is 1. The highest BCUT2D eigenvalue weighted by Gasteiger charge is 2.58. The van der Waals surface area contributed by atoms with Crippen molar-refractivity contribution in [3.8, 4) is 0 Å². The lowest BCUT2D eigenvalue weighted by Gasteiger charge is -2.27. The standard InChI is InChI=1S/C30H33N5O5/c1-18-13-21(23-7-5-6-8-24(23)32-18)14-19-9-11-20(12-10-19)25(36)31-15-22-16-35(28(39)40-29(2,3)4)17-30(22)26(37)33-27(38)34-30/h5-13,22H,14-17H2,1-4H3,(H,31,36)(H2,33,34,37,38)/t22-,30+/m1/s1. The lowest BCUT2D eigenvalue weighted by Crippen LogP contribution is -2.56. The van der Waals surface area contributed by atoms with Crippen LogP contribution in [0.4, 0.5) is 9.59 Å². The van der Waals surface area contributed by atoms with E-state index in [9.17, 15) is 19.2 Å². The van der Waals surface area contributed by atoms with E-state index >= 15 is 0 Å². The Morgan fingerprint density at radius 3 is 2.52 bits per heavy atom. The number of aryl methyl sites for hydroxylation is 1. The summed E-state index contributed by atoms with van der Waals surface area (Å²) in [4.78, 5) is 56.5. The molecule has 1 aromatic heterocycles. The van der Waals surface area contributed by atoms with Crippen LogP contribution in [0, 0.1) is 12.8 Å². The normalized spacial score (nSPS) is 20.5. The number of imide groups is 1. The number of para-hydroxylation sites is 1. The van der Waals surface area contributed by atoms with E-state index in [0.717, 1.165) is 22.2 Å². The summed E-state index contributed by atoms with van der Waals surface area (Å²) in [6.07, 6.45) is 0.119. The molecular weight excluding hydrogens is 510 g/mol. The number of benzene rings is 2. The minimum atomic E-state index is -1.34. The number of nitrogens with one attached hydrogen (secondary N) is 3. The van der Waals surface area contributed by atoms with E-state index in [1.165, 1.54) is 10.5 Å². The van der Waals surface area contributed by atoms with Crippen molar-refractivity contribution in [1.29, 1.82) is 0 Å². The first kappa shape index (κ1) is 27.1. The van der Waals surface area contributed by atoms with Crippen molar-refractivity contribution in [1.82, 2.24) is 25.8 Å². The van der Waals surface area contributed by atoms with Gasteiger partial charge in [-0.25, -0.2) is 9.59 Å². The van der Waals surface area contributed by atoms with Crippen LogP contribution in [0.5, 0.6) is 0 Å². The second-order valence-corrected chi connectivity index (χ2v) is 11.5. The van der Waals surface area contributed by atoms with Crippen LogP contribution in [-0.4, -0.2) is 64.6 Å². The van der Waals surface area contributed by atoms with Crippen LogP contribution in [0.3, 0.4) is 0 Å². The molecule has 2 fully saturated rings. The van der Waals surface area contributed by atoms with Crippen LogP contribution in [0.15, 0.2) is 54.6 Å². The number of carbonyl (C=O) groups excluding carboxylic acids is 4. The first-order chi connectivity index (χ1) is 18.9. The number of hydrogen-bond acceptors (Lipinski definition) is 6. The van der Waals surface area contributed by atoms with Crippen molar-refractivity contribution >= 4 is 34.8 Å². The lowest BCUT2D eigenvalue weighted by molar-refractivity contribution is -0.124. The van der Waals surface area contributed by atoms with E-state index in [0.29, 0.717) is 12.0 Å². The Morgan fingerprint density at radius 2 is 1.85 bits per heavy atom. The molecular formula is C30H33N5O5. The molecule has 0 radical (unpaired) electrons. The van der Waals surface area contributed by atoms with Crippen LogP contribution < -0.4 is 16.0 Å². The van der Waals surface area contributed by atoms with E-state index in [-0.39, 0.29) is 25.5 Å². The molecule has 10 nitrogen and oxygen atoms in total. The highest BCUT2D eigenvalue weighted by molar-refractivity contribution is 6.08. The fourth-order valence-electron chi connectivity index (χ4n) is 5.38. The summed E-state index contributed by atoms with van der Waals surface area (Å²) >= 11 is 0. The molecule has 3 aromatic rings. The number of aromatic nitrogens is 1. The summed E-state index contributed by atoms with van der Waals surface area (Å²) in [7, 11) is 0. The van der Waals surface area contributed by atoms with Crippen LogP contribution >= 0.6 is 0 Å². The predicted octanol–water partition coefficient (Wildman–Crippen LogP) is 3.31. The summed E-state index contributed by atoms with van der Waals surface area (Å²) in [6, 6.07) is 16.9. The van der Waals surface area contributed by atoms with Gasteiger partial charge in [0, 0.05) is 35.7 Å². The average molecular weight is 544 g/mol. The van der Waals surface area contributed by atoms with Crippen LogP contribution in [-0.2, 0) is 16.0 Å². The van der Waals surface area contributed by atoms with Crippen molar-refractivity contribution in [2.75, 3.05) is 19.6 Å². The van der Waals surface area contributed by atoms with Gasteiger partial charge in [-0.1, -0.05) is 30.3 Å². The minimum absolute atomic E-state index is 0.0438. The molecule has 10 heteroatoms. The Kier molecular flexibility index (Phi) is 6.95. The van der Waals surface area contributed by atoms with Gasteiger partial charge in [0.15, 0.2) is 0 Å². The highest BCUT2D eigenvalue weighted by atomic mass is 16.6. The second-order valence-electron chi connectivity index (χ2n) is 11.5. The van der Waals surface area contributed by atoms with Crippen molar-refractivity contribution in [2.24, 2.45) is 5.92 Å². The molecule has 1 spiro atoms. The second kappa shape index (κ2) is 10.3. The van der Waals surface area contributed by atoms with E-state index in [4.69, 9.17) is 4.74 Å². The Bertz CT molecular complexity index is 1500. The van der Waals surface area contributed by atoms with Gasteiger partial charge in [-0.2, -0.15) is 0 Å². The van der Waals surface area contributed by atoms with Gasteiger partial charge in [-0.15, -0.1) is 0 Å². The zero-order chi connectivity index (χ0) is 28.7. The lowest BCUT2D eigenvalue weighted by atomic mass is 9.87. The summed E-state index contributed by atoms with van der Waals surface area (Å²) in [6.45, 7) is 7.41. The number of pyridine rings is 1. The van der Waals surface area contributed by atoms with Gasteiger partial charge >= 0.3 is 12.1 Å². The topological polar surface area (TPSA) is 130 Å². The Balaban J connectivity index is 1.26. The summed E-state index contributed by atoms with van der Waals surface area (Å²) in [5.41, 5.74) is 2.54. The molecule has 2 atom stereocenters. The maximum absolute atomic E-state index is 13.0. The van der Waals surface area contributed by atoms with Crippen molar-refractivity contribution in [3.63, 3.8) is 0 Å². The van der Waals surface area contributed by atoms with E-state index in [2.05, 4.69) is 33.1 Å². The maximum atomic E-state index is 13.0. The van der Waals surface area contributed by atoms with Crippen LogP contribution in [0.2, 0.25) is 0 Å². The molecule has 5 amide bonds. The molecule has 3 heterocycles. The Labute approximate surface area is 232 Å². The largest absolute Gasteiger partial charge is 0.444 e. The first-order valence-corrected chi connectivity index (χ1v) is 13.3. The SMILES string of the molecule is Cc1cc(Cc2ccc(C(=O)NC[C@@H]3CN(C(=O)OC(C)(C)C)C[C@]34NC(=O)NC4=O)cc2)c2ccccc2n1. The number of hydrogen-bond donors (Lipinski definition) is 3. The number of urea groups is 1.